The van der Waals surface area contributed by atoms with Crippen molar-refractivity contribution in [1.29, 1.82) is 0 Å². The Labute approximate surface area is 136 Å². The molecule has 0 atom stereocenters. The number of carbonyl (C=O) groups is 1. The Balaban J connectivity index is 1.80. The molecule has 1 aromatic carbocycles. The predicted molar refractivity (Wildman–Crippen MR) is 80.1 cm³/mol. The van der Waals surface area contributed by atoms with Gasteiger partial charge < -0.3 is 14.6 Å². The van der Waals surface area contributed by atoms with E-state index < -0.39 is 17.8 Å². The van der Waals surface area contributed by atoms with Crippen LogP contribution in [0.25, 0.3) is 5.69 Å². The summed E-state index contributed by atoms with van der Waals surface area (Å²) in [5, 5.41) is 9.00. The molecule has 0 unspecified atom stereocenters. The Kier molecular flexibility index (Phi) is 4.21. The van der Waals surface area contributed by atoms with Gasteiger partial charge in [-0.1, -0.05) is 0 Å². The molecule has 1 aromatic heterocycles. The first kappa shape index (κ1) is 16.4. The van der Waals surface area contributed by atoms with Gasteiger partial charge in [0.25, 0.3) is 0 Å². The lowest BCUT2D eigenvalue weighted by Crippen LogP contribution is -2.37. The zero-order valence-corrected chi connectivity index (χ0v) is 12.7. The lowest BCUT2D eigenvalue weighted by Gasteiger charge is -2.30. The molecule has 24 heavy (non-hydrogen) atoms. The molecule has 1 aliphatic heterocycles. The molecular weight excluding hydrogens is 323 g/mol. The summed E-state index contributed by atoms with van der Waals surface area (Å²) in [6.45, 7) is 0.885. The summed E-state index contributed by atoms with van der Waals surface area (Å²) in [6.07, 6.45) is -0.693. The normalized spacial score (nSPS) is 16.4. The van der Waals surface area contributed by atoms with E-state index >= 15 is 0 Å². The third-order valence-electron chi connectivity index (χ3n) is 4.32. The number of alkyl halides is 3. The van der Waals surface area contributed by atoms with Gasteiger partial charge in [0, 0.05) is 36.6 Å². The molecule has 0 radical (unpaired) electrons. The van der Waals surface area contributed by atoms with Crippen LogP contribution in [-0.4, -0.2) is 38.7 Å². The summed E-state index contributed by atoms with van der Waals surface area (Å²) < 4.78 is 39.8. The van der Waals surface area contributed by atoms with Crippen molar-refractivity contribution in [2.75, 3.05) is 13.1 Å². The number of imidazole rings is 1. The molecule has 2 heterocycles. The van der Waals surface area contributed by atoms with Gasteiger partial charge in [0.1, 0.15) is 0 Å². The highest BCUT2D eigenvalue weighted by atomic mass is 19.4. The minimum absolute atomic E-state index is 0.130. The third-order valence-corrected chi connectivity index (χ3v) is 4.32. The zero-order valence-electron chi connectivity index (χ0n) is 12.7. The molecule has 5 nitrogen and oxygen atoms in total. The van der Waals surface area contributed by atoms with Gasteiger partial charge in [0.2, 0.25) is 0 Å². The van der Waals surface area contributed by atoms with Crippen molar-refractivity contribution in [2.45, 2.75) is 24.9 Å². The maximum Gasteiger partial charge on any atom is 0.416 e. The molecule has 0 spiro atoms. The molecule has 1 N–H and O–H groups in total. The van der Waals surface area contributed by atoms with Crippen LogP contribution in [-0.2, 0) is 6.18 Å². The number of amides is 1. The summed E-state index contributed by atoms with van der Waals surface area (Å²) in [5.41, 5.74) is 0.804. The number of benzene rings is 1. The highest BCUT2D eigenvalue weighted by Gasteiger charge is 2.30. The van der Waals surface area contributed by atoms with E-state index in [9.17, 15) is 18.0 Å². The van der Waals surface area contributed by atoms with Crippen LogP contribution in [0, 0.1) is 0 Å². The van der Waals surface area contributed by atoms with E-state index in [-0.39, 0.29) is 5.92 Å². The topological polar surface area (TPSA) is 58.4 Å². The van der Waals surface area contributed by atoms with Crippen LogP contribution in [0.4, 0.5) is 18.0 Å². The molecule has 2 aromatic rings. The van der Waals surface area contributed by atoms with E-state index in [2.05, 4.69) is 4.98 Å². The number of carboxylic acid groups (broad SMARTS) is 1. The quantitative estimate of drug-likeness (QED) is 0.906. The highest BCUT2D eigenvalue weighted by Crippen LogP contribution is 2.32. The van der Waals surface area contributed by atoms with Crippen molar-refractivity contribution in [3.63, 3.8) is 0 Å². The van der Waals surface area contributed by atoms with Crippen LogP contribution < -0.4 is 0 Å². The molecule has 1 aliphatic rings. The number of hydrogen-bond donors (Lipinski definition) is 1. The predicted octanol–water partition coefficient (Wildman–Crippen LogP) is 3.75. The van der Waals surface area contributed by atoms with Gasteiger partial charge in [-0.3, -0.25) is 0 Å². The largest absolute Gasteiger partial charge is 0.465 e. The van der Waals surface area contributed by atoms with Gasteiger partial charge in [-0.25, -0.2) is 9.78 Å². The first-order valence-corrected chi connectivity index (χ1v) is 7.54. The average Bonchev–Trinajstić information content (AvgIpc) is 3.04. The van der Waals surface area contributed by atoms with Crippen molar-refractivity contribution in [3.8, 4) is 5.69 Å². The van der Waals surface area contributed by atoms with Crippen LogP contribution in [0.1, 0.15) is 30.0 Å². The summed E-state index contributed by atoms with van der Waals surface area (Å²) >= 11 is 0. The van der Waals surface area contributed by atoms with E-state index in [4.69, 9.17) is 5.11 Å². The minimum atomic E-state index is -4.36. The Morgan fingerprint density at radius 2 is 1.79 bits per heavy atom. The maximum absolute atomic E-state index is 12.7. The fourth-order valence-electron chi connectivity index (χ4n) is 3.00. The first-order valence-electron chi connectivity index (χ1n) is 7.54. The molecular formula is C16H16F3N3O2. The van der Waals surface area contributed by atoms with Crippen molar-refractivity contribution in [3.05, 3.63) is 48.0 Å². The number of halogens is 3. The van der Waals surface area contributed by atoms with Crippen molar-refractivity contribution < 1.29 is 23.1 Å². The Morgan fingerprint density at radius 3 is 2.33 bits per heavy atom. The number of aromatic nitrogens is 2. The van der Waals surface area contributed by atoms with Gasteiger partial charge in [-0.2, -0.15) is 13.2 Å². The summed E-state index contributed by atoms with van der Waals surface area (Å²) in [4.78, 5) is 16.4. The molecule has 1 fully saturated rings. The van der Waals surface area contributed by atoms with Crippen LogP contribution in [0.2, 0.25) is 0 Å². The van der Waals surface area contributed by atoms with Gasteiger partial charge in [-0.15, -0.1) is 0 Å². The summed E-state index contributed by atoms with van der Waals surface area (Å²) in [7, 11) is 0. The van der Waals surface area contributed by atoms with E-state index in [0.29, 0.717) is 31.6 Å². The summed E-state index contributed by atoms with van der Waals surface area (Å²) in [5.74, 6) is 0.130. The van der Waals surface area contributed by atoms with Crippen molar-refractivity contribution in [2.24, 2.45) is 0 Å². The smallest absolute Gasteiger partial charge is 0.416 e. The lowest BCUT2D eigenvalue weighted by molar-refractivity contribution is -0.137. The number of likely N-dealkylation sites (tertiary alicyclic amines) is 1. The third kappa shape index (κ3) is 3.22. The molecule has 0 saturated carbocycles. The second-order valence-corrected chi connectivity index (χ2v) is 5.78. The van der Waals surface area contributed by atoms with Gasteiger partial charge >= 0.3 is 12.3 Å². The van der Waals surface area contributed by atoms with E-state index in [1.54, 1.807) is 17.1 Å². The number of hydrogen-bond acceptors (Lipinski definition) is 2. The standard InChI is InChI=1S/C16H16F3N3O2/c17-16(18,19)12-1-3-13(4-2-12)22-10-20-9-14(22)11-5-7-21(8-6-11)15(23)24/h1-4,9-11H,5-8H2,(H,23,24). The van der Waals surface area contributed by atoms with E-state index in [1.807, 2.05) is 0 Å². The molecule has 8 heteroatoms. The van der Waals surface area contributed by atoms with Crippen molar-refractivity contribution in [1.82, 2.24) is 14.5 Å². The molecule has 0 aliphatic carbocycles. The minimum Gasteiger partial charge on any atom is -0.465 e. The van der Waals surface area contributed by atoms with Crippen LogP contribution >= 0.6 is 0 Å². The fourth-order valence-corrected chi connectivity index (χ4v) is 3.00. The monoisotopic (exact) mass is 339 g/mol. The number of piperidine rings is 1. The fraction of sp³-hybridized carbons (Fsp3) is 0.375. The number of nitrogens with zero attached hydrogens (tertiary/aromatic N) is 3. The molecule has 128 valence electrons. The van der Waals surface area contributed by atoms with Gasteiger partial charge in [0.05, 0.1) is 11.9 Å². The highest BCUT2D eigenvalue weighted by molar-refractivity contribution is 5.65. The number of rotatable bonds is 2. The molecule has 3 rings (SSSR count). The maximum atomic E-state index is 12.7. The van der Waals surface area contributed by atoms with Crippen molar-refractivity contribution >= 4 is 6.09 Å². The average molecular weight is 339 g/mol. The van der Waals surface area contributed by atoms with Gasteiger partial charge in [0.15, 0.2) is 0 Å². The van der Waals surface area contributed by atoms with E-state index in [0.717, 1.165) is 17.8 Å². The van der Waals surface area contributed by atoms with Gasteiger partial charge in [-0.05, 0) is 37.1 Å². The van der Waals surface area contributed by atoms with Crippen LogP contribution in [0.15, 0.2) is 36.8 Å². The summed E-state index contributed by atoms with van der Waals surface area (Å²) in [6, 6.07) is 4.93. The van der Waals surface area contributed by atoms with Crippen LogP contribution in [0.5, 0.6) is 0 Å². The van der Waals surface area contributed by atoms with Crippen LogP contribution in [0.3, 0.4) is 0 Å². The second-order valence-electron chi connectivity index (χ2n) is 5.78. The Hall–Kier alpha value is -2.51. The zero-order chi connectivity index (χ0) is 17.3. The Bertz CT molecular complexity index is 717. The SMILES string of the molecule is O=C(O)N1CCC(c2cncn2-c2ccc(C(F)(F)F)cc2)CC1. The molecule has 1 amide bonds. The second kappa shape index (κ2) is 6.18. The lowest BCUT2D eigenvalue weighted by atomic mass is 9.94. The molecule has 0 bridgehead atoms. The first-order chi connectivity index (χ1) is 11.4. The van der Waals surface area contributed by atoms with E-state index in [1.165, 1.54) is 17.0 Å². The Morgan fingerprint density at radius 1 is 1.17 bits per heavy atom. The molecule has 1 saturated heterocycles.